The summed E-state index contributed by atoms with van der Waals surface area (Å²) in [7, 11) is 0. The Morgan fingerprint density at radius 2 is 1.48 bits per heavy atom. The standard InChI is InChI=1S/C22H28N2O3/c1-16(2)14-20(19-12-8-5-9-13-19)24-21(25)17(3)23-22(26)27-15-18-10-6-4-7-11-18/h4-13,16-17,20H,14-15H2,1-3H3,(H,23,26)(H,24,25)/t17-,20-/m0/s1. The van der Waals surface area contributed by atoms with Crippen molar-refractivity contribution in [3.63, 3.8) is 0 Å². The number of alkyl carbamates (subject to hydrolysis) is 1. The largest absolute Gasteiger partial charge is 0.445 e. The van der Waals surface area contributed by atoms with Crippen LogP contribution >= 0.6 is 0 Å². The maximum atomic E-state index is 12.5. The van der Waals surface area contributed by atoms with E-state index in [2.05, 4.69) is 24.5 Å². The van der Waals surface area contributed by atoms with Crippen LogP contribution in [0.4, 0.5) is 4.79 Å². The van der Waals surface area contributed by atoms with Crippen LogP contribution in [0.5, 0.6) is 0 Å². The zero-order valence-electron chi connectivity index (χ0n) is 16.1. The highest BCUT2D eigenvalue weighted by Crippen LogP contribution is 2.21. The van der Waals surface area contributed by atoms with Crippen molar-refractivity contribution >= 4 is 12.0 Å². The molecule has 2 atom stereocenters. The van der Waals surface area contributed by atoms with Gasteiger partial charge in [0.05, 0.1) is 6.04 Å². The average molecular weight is 368 g/mol. The van der Waals surface area contributed by atoms with Gasteiger partial charge in [-0.2, -0.15) is 0 Å². The highest BCUT2D eigenvalue weighted by atomic mass is 16.5. The molecule has 0 fully saturated rings. The van der Waals surface area contributed by atoms with Gasteiger partial charge in [0.2, 0.25) is 5.91 Å². The Hall–Kier alpha value is -2.82. The average Bonchev–Trinajstić information content (AvgIpc) is 2.67. The van der Waals surface area contributed by atoms with Crippen LogP contribution in [-0.4, -0.2) is 18.0 Å². The summed E-state index contributed by atoms with van der Waals surface area (Å²) in [5.41, 5.74) is 1.95. The van der Waals surface area contributed by atoms with E-state index >= 15 is 0 Å². The Bertz CT molecular complexity index is 717. The first-order valence-electron chi connectivity index (χ1n) is 9.28. The summed E-state index contributed by atoms with van der Waals surface area (Å²) in [5.74, 6) is 0.191. The fourth-order valence-corrected chi connectivity index (χ4v) is 2.74. The second-order valence-corrected chi connectivity index (χ2v) is 7.03. The van der Waals surface area contributed by atoms with Gasteiger partial charge in [-0.1, -0.05) is 74.5 Å². The Morgan fingerprint density at radius 3 is 2.07 bits per heavy atom. The van der Waals surface area contributed by atoms with Crippen molar-refractivity contribution in [2.45, 2.75) is 45.9 Å². The van der Waals surface area contributed by atoms with Gasteiger partial charge in [-0.05, 0) is 30.4 Å². The number of rotatable bonds is 8. The van der Waals surface area contributed by atoms with Crippen molar-refractivity contribution < 1.29 is 14.3 Å². The van der Waals surface area contributed by atoms with Gasteiger partial charge in [0.15, 0.2) is 0 Å². The summed E-state index contributed by atoms with van der Waals surface area (Å²) in [5, 5.41) is 5.62. The molecule has 27 heavy (non-hydrogen) atoms. The summed E-state index contributed by atoms with van der Waals surface area (Å²) >= 11 is 0. The molecule has 0 aliphatic heterocycles. The van der Waals surface area contributed by atoms with Crippen LogP contribution in [0.2, 0.25) is 0 Å². The molecule has 144 valence electrons. The number of ether oxygens (including phenoxy) is 1. The topological polar surface area (TPSA) is 67.4 Å². The molecule has 0 bridgehead atoms. The van der Waals surface area contributed by atoms with Gasteiger partial charge in [0.25, 0.3) is 0 Å². The molecule has 0 heterocycles. The molecule has 0 unspecified atom stereocenters. The van der Waals surface area contributed by atoms with E-state index in [1.54, 1.807) is 6.92 Å². The lowest BCUT2D eigenvalue weighted by molar-refractivity contribution is -0.123. The molecular weight excluding hydrogens is 340 g/mol. The lowest BCUT2D eigenvalue weighted by atomic mass is 9.97. The number of amides is 2. The van der Waals surface area contributed by atoms with E-state index < -0.39 is 12.1 Å². The smallest absolute Gasteiger partial charge is 0.408 e. The third-order valence-corrected chi connectivity index (χ3v) is 4.17. The fraction of sp³-hybridized carbons (Fsp3) is 0.364. The second kappa shape index (κ2) is 10.4. The van der Waals surface area contributed by atoms with Crippen molar-refractivity contribution in [1.29, 1.82) is 0 Å². The molecule has 0 spiro atoms. The minimum Gasteiger partial charge on any atom is -0.445 e. The number of hydrogen-bond acceptors (Lipinski definition) is 3. The van der Waals surface area contributed by atoms with E-state index in [1.165, 1.54) is 0 Å². The molecular formula is C22H28N2O3. The highest BCUT2D eigenvalue weighted by Gasteiger charge is 2.21. The minimum atomic E-state index is -0.688. The van der Waals surface area contributed by atoms with E-state index in [0.717, 1.165) is 17.5 Å². The van der Waals surface area contributed by atoms with Gasteiger partial charge in [0.1, 0.15) is 12.6 Å². The Labute approximate surface area is 161 Å². The molecule has 0 aliphatic carbocycles. The van der Waals surface area contributed by atoms with Crippen molar-refractivity contribution in [3.05, 3.63) is 71.8 Å². The molecule has 2 aromatic carbocycles. The Balaban J connectivity index is 1.87. The van der Waals surface area contributed by atoms with Gasteiger partial charge in [-0.25, -0.2) is 4.79 Å². The van der Waals surface area contributed by atoms with Crippen LogP contribution in [-0.2, 0) is 16.1 Å². The molecule has 0 saturated carbocycles. The molecule has 2 N–H and O–H groups in total. The molecule has 2 rings (SSSR count). The third kappa shape index (κ3) is 7.13. The second-order valence-electron chi connectivity index (χ2n) is 7.03. The molecule has 5 nitrogen and oxygen atoms in total. The quantitative estimate of drug-likeness (QED) is 0.734. The van der Waals surface area contributed by atoms with E-state index in [-0.39, 0.29) is 18.6 Å². The first kappa shape index (κ1) is 20.5. The maximum Gasteiger partial charge on any atom is 0.408 e. The fourth-order valence-electron chi connectivity index (χ4n) is 2.74. The van der Waals surface area contributed by atoms with Crippen LogP contribution in [0.15, 0.2) is 60.7 Å². The van der Waals surface area contributed by atoms with E-state index in [9.17, 15) is 9.59 Å². The predicted octanol–water partition coefficient (Wildman–Crippen LogP) is 4.20. The minimum absolute atomic E-state index is 0.0942. The van der Waals surface area contributed by atoms with E-state index in [0.29, 0.717) is 5.92 Å². The van der Waals surface area contributed by atoms with Crippen LogP contribution in [0.25, 0.3) is 0 Å². The summed E-state index contributed by atoms with van der Waals surface area (Å²) in [4.78, 5) is 24.5. The zero-order chi connectivity index (χ0) is 19.6. The number of hydrogen-bond donors (Lipinski definition) is 2. The van der Waals surface area contributed by atoms with Gasteiger partial charge >= 0.3 is 6.09 Å². The van der Waals surface area contributed by atoms with Crippen LogP contribution in [0.1, 0.15) is 44.4 Å². The summed E-state index contributed by atoms with van der Waals surface area (Å²) in [6.45, 7) is 6.05. The normalized spacial score (nSPS) is 12.9. The lowest BCUT2D eigenvalue weighted by Crippen LogP contribution is -2.46. The monoisotopic (exact) mass is 368 g/mol. The van der Waals surface area contributed by atoms with E-state index in [4.69, 9.17) is 4.74 Å². The van der Waals surface area contributed by atoms with Crippen molar-refractivity contribution in [3.8, 4) is 0 Å². The Morgan fingerprint density at radius 1 is 0.889 bits per heavy atom. The maximum absolute atomic E-state index is 12.5. The molecule has 5 heteroatoms. The van der Waals surface area contributed by atoms with Crippen LogP contribution in [0, 0.1) is 5.92 Å². The number of nitrogens with one attached hydrogen (secondary N) is 2. The number of carbonyl (C=O) groups excluding carboxylic acids is 2. The molecule has 0 saturated heterocycles. The predicted molar refractivity (Wildman–Crippen MR) is 106 cm³/mol. The first-order chi connectivity index (χ1) is 13.0. The van der Waals surface area contributed by atoms with Crippen LogP contribution in [0.3, 0.4) is 0 Å². The van der Waals surface area contributed by atoms with Gasteiger partial charge in [-0.15, -0.1) is 0 Å². The highest BCUT2D eigenvalue weighted by molar-refractivity contribution is 5.85. The molecule has 0 radical (unpaired) electrons. The van der Waals surface area contributed by atoms with E-state index in [1.807, 2.05) is 60.7 Å². The van der Waals surface area contributed by atoms with Gasteiger partial charge < -0.3 is 15.4 Å². The molecule has 0 aliphatic rings. The zero-order valence-corrected chi connectivity index (χ0v) is 16.1. The van der Waals surface area contributed by atoms with Crippen molar-refractivity contribution in [2.75, 3.05) is 0 Å². The third-order valence-electron chi connectivity index (χ3n) is 4.17. The number of benzene rings is 2. The van der Waals surface area contributed by atoms with Gasteiger partial charge in [-0.3, -0.25) is 4.79 Å². The number of carbonyl (C=O) groups is 2. The van der Waals surface area contributed by atoms with Crippen molar-refractivity contribution in [2.24, 2.45) is 5.92 Å². The van der Waals surface area contributed by atoms with Gasteiger partial charge in [0, 0.05) is 0 Å². The lowest BCUT2D eigenvalue weighted by Gasteiger charge is -2.23. The van der Waals surface area contributed by atoms with Crippen LogP contribution < -0.4 is 10.6 Å². The molecule has 2 aromatic rings. The molecule has 2 amide bonds. The SMILES string of the molecule is CC(C)C[C@H](NC(=O)[C@H](C)NC(=O)OCc1ccccc1)c1ccccc1. The summed E-state index contributed by atoms with van der Waals surface area (Å²) < 4.78 is 5.17. The first-order valence-corrected chi connectivity index (χ1v) is 9.28. The Kier molecular flexibility index (Phi) is 7.86. The summed E-state index contributed by atoms with van der Waals surface area (Å²) in [6, 6.07) is 18.5. The summed E-state index contributed by atoms with van der Waals surface area (Å²) in [6.07, 6.45) is 0.211. The van der Waals surface area contributed by atoms with Crippen molar-refractivity contribution in [1.82, 2.24) is 10.6 Å². The molecule has 0 aromatic heterocycles.